The maximum absolute atomic E-state index is 11.6. The normalized spacial score (nSPS) is 10.9. The van der Waals surface area contributed by atoms with Gasteiger partial charge in [0.15, 0.2) is 0 Å². The highest BCUT2D eigenvalue weighted by Crippen LogP contribution is 2.17. The van der Waals surface area contributed by atoms with Crippen molar-refractivity contribution < 1.29 is 0 Å². The van der Waals surface area contributed by atoms with Crippen molar-refractivity contribution in [3.8, 4) is 0 Å². The van der Waals surface area contributed by atoms with Gasteiger partial charge in [0.1, 0.15) is 0 Å². The summed E-state index contributed by atoms with van der Waals surface area (Å²) in [6.07, 6.45) is 0.662. The number of hydrogen-bond acceptors (Lipinski definition) is 1. The lowest BCUT2D eigenvalue weighted by atomic mass is 10.0. The van der Waals surface area contributed by atoms with E-state index in [1.165, 1.54) is 10.8 Å². The molecule has 0 saturated heterocycles. The van der Waals surface area contributed by atoms with Crippen LogP contribution in [0.3, 0.4) is 0 Å². The molecule has 2 aromatic carbocycles. The molecule has 0 radical (unpaired) electrons. The number of hydrogen-bond donors (Lipinski definition) is 2. The van der Waals surface area contributed by atoms with Gasteiger partial charge in [-0.2, -0.15) is 0 Å². The third-order valence-electron chi connectivity index (χ3n) is 3.29. The molecule has 0 aliphatic heterocycles. The van der Waals surface area contributed by atoms with Crippen molar-refractivity contribution in [1.82, 2.24) is 10.2 Å². The highest BCUT2D eigenvalue weighted by Gasteiger charge is 2.07. The van der Waals surface area contributed by atoms with E-state index < -0.39 is 0 Å². The molecule has 3 nitrogen and oxygen atoms in total. The lowest BCUT2D eigenvalue weighted by Crippen LogP contribution is -2.06. The van der Waals surface area contributed by atoms with Crippen LogP contribution in [0.2, 0.25) is 0 Å². The Balaban J connectivity index is 2.03. The molecule has 3 heteroatoms. The van der Waals surface area contributed by atoms with Crippen molar-refractivity contribution in [1.29, 1.82) is 0 Å². The van der Waals surface area contributed by atoms with Crippen LogP contribution in [-0.4, -0.2) is 10.2 Å². The first kappa shape index (κ1) is 10.8. The summed E-state index contributed by atoms with van der Waals surface area (Å²) in [7, 11) is 0. The summed E-state index contributed by atoms with van der Waals surface area (Å²) in [5.41, 5.74) is 2.85. The third-order valence-corrected chi connectivity index (χ3v) is 3.29. The van der Waals surface area contributed by atoms with E-state index in [2.05, 4.69) is 40.5 Å². The van der Waals surface area contributed by atoms with E-state index >= 15 is 0 Å². The summed E-state index contributed by atoms with van der Waals surface area (Å²) in [6.45, 7) is 1.91. The summed E-state index contributed by atoms with van der Waals surface area (Å²) in [6, 6.07) is 14.6. The van der Waals surface area contributed by atoms with Crippen molar-refractivity contribution in [3.63, 3.8) is 0 Å². The minimum absolute atomic E-state index is 0.0272. The zero-order valence-corrected chi connectivity index (χ0v) is 10.2. The van der Waals surface area contributed by atoms with Gasteiger partial charge in [-0.25, -0.2) is 0 Å². The first-order chi connectivity index (χ1) is 8.74. The van der Waals surface area contributed by atoms with Gasteiger partial charge in [-0.15, -0.1) is 0 Å². The Labute approximate surface area is 104 Å². The van der Waals surface area contributed by atoms with Crippen molar-refractivity contribution in [3.05, 3.63) is 69.6 Å². The molecule has 18 heavy (non-hydrogen) atoms. The Morgan fingerprint density at radius 2 is 1.78 bits per heavy atom. The smallest absolute Gasteiger partial charge is 0.267 e. The lowest BCUT2D eigenvalue weighted by Gasteiger charge is -2.02. The van der Waals surface area contributed by atoms with Crippen LogP contribution in [0.25, 0.3) is 10.8 Å². The maximum atomic E-state index is 11.6. The van der Waals surface area contributed by atoms with Gasteiger partial charge in [0.25, 0.3) is 5.56 Å². The van der Waals surface area contributed by atoms with Crippen molar-refractivity contribution in [2.24, 2.45) is 0 Å². The maximum Gasteiger partial charge on any atom is 0.267 e. The van der Waals surface area contributed by atoms with E-state index in [0.717, 1.165) is 16.8 Å². The van der Waals surface area contributed by atoms with Crippen LogP contribution < -0.4 is 5.56 Å². The Kier molecular flexibility index (Phi) is 2.52. The van der Waals surface area contributed by atoms with Crippen LogP contribution in [0.15, 0.2) is 47.3 Å². The average Bonchev–Trinajstić information content (AvgIpc) is 2.70. The van der Waals surface area contributed by atoms with Crippen LogP contribution in [0.1, 0.15) is 16.8 Å². The van der Waals surface area contributed by atoms with Gasteiger partial charge in [0, 0.05) is 17.7 Å². The number of nitrogens with one attached hydrogen (secondary N) is 2. The Morgan fingerprint density at radius 1 is 1.00 bits per heavy atom. The Bertz CT molecular complexity index is 752. The topological polar surface area (TPSA) is 48.6 Å². The molecular weight excluding hydrogens is 224 g/mol. The van der Waals surface area contributed by atoms with Gasteiger partial charge in [0.05, 0.1) is 0 Å². The molecule has 0 atom stereocenters. The molecule has 1 aromatic heterocycles. The molecule has 0 unspecified atom stereocenters. The van der Waals surface area contributed by atoms with Crippen molar-refractivity contribution in [2.75, 3.05) is 0 Å². The second-order valence-electron chi connectivity index (χ2n) is 4.54. The van der Waals surface area contributed by atoms with Crippen LogP contribution in [0, 0.1) is 6.92 Å². The van der Waals surface area contributed by atoms with Gasteiger partial charge in [-0.05, 0) is 23.3 Å². The second kappa shape index (κ2) is 4.18. The van der Waals surface area contributed by atoms with Crippen LogP contribution in [-0.2, 0) is 6.42 Å². The SMILES string of the molecule is Cc1[nH][nH]c(=O)c1Cc1ccc2ccccc2c1. The number of H-pyrrole nitrogens is 2. The second-order valence-corrected chi connectivity index (χ2v) is 4.54. The fraction of sp³-hybridized carbons (Fsp3) is 0.133. The van der Waals surface area contributed by atoms with E-state index in [-0.39, 0.29) is 5.56 Å². The number of fused-ring (bicyclic) bond motifs is 1. The molecule has 0 amide bonds. The minimum Gasteiger partial charge on any atom is -0.302 e. The molecule has 0 spiro atoms. The molecule has 0 fully saturated rings. The summed E-state index contributed by atoms with van der Waals surface area (Å²) in [5.74, 6) is 0. The van der Waals surface area contributed by atoms with E-state index in [1.54, 1.807) is 0 Å². The molecular formula is C15H14N2O. The predicted molar refractivity (Wildman–Crippen MR) is 72.9 cm³/mol. The highest BCUT2D eigenvalue weighted by molar-refractivity contribution is 5.83. The van der Waals surface area contributed by atoms with Crippen LogP contribution in [0.4, 0.5) is 0 Å². The number of aromatic amines is 2. The number of aryl methyl sites for hydroxylation is 1. The fourth-order valence-electron chi connectivity index (χ4n) is 2.24. The predicted octanol–water partition coefficient (Wildman–Crippen LogP) is 2.76. The number of benzene rings is 2. The Hall–Kier alpha value is -2.29. The molecule has 0 bridgehead atoms. The summed E-state index contributed by atoms with van der Waals surface area (Å²) in [4.78, 5) is 11.6. The van der Waals surface area contributed by atoms with Gasteiger partial charge in [0.2, 0.25) is 0 Å². The zero-order chi connectivity index (χ0) is 12.5. The molecule has 3 aromatic rings. The van der Waals surface area contributed by atoms with E-state index in [9.17, 15) is 4.79 Å². The first-order valence-electron chi connectivity index (χ1n) is 5.98. The van der Waals surface area contributed by atoms with E-state index in [1.807, 2.05) is 19.1 Å². The third kappa shape index (κ3) is 1.84. The fourth-order valence-corrected chi connectivity index (χ4v) is 2.24. The lowest BCUT2D eigenvalue weighted by molar-refractivity contribution is 1.02. The Morgan fingerprint density at radius 3 is 2.50 bits per heavy atom. The molecule has 1 heterocycles. The van der Waals surface area contributed by atoms with E-state index in [0.29, 0.717) is 6.42 Å². The van der Waals surface area contributed by atoms with Gasteiger partial charge >= 0.3 is 0 Å². The summed E-state index contributed by atoms with van der Waals surface area (Å²) < 4.78 is 0. The summed E-state index contributed by atoms with van der Waals surface area (Å²) >= 11 is 0. The highest BCUT2D eigenvalue weighted by atomic mass is 16.1. The monoisotopic (exact) mass is 238 g/mol. The van der Waals surface area contributed by atoms with Gasteiger partial charge in [-0.3, -0.25) is 9.89 Å². The first-order valence-corrected chi connectivity index (χ1v) is 5.98. The average molecular weight is 238 g/mol. The quantitative estimate of drug-likeness (QED) is 0.708. The zero-order valence-electron chi connectivity index (χ0n) is 10.2. The molecule has 0 aliphatic carbocycles. The molecule has 0 aliphatic rings. The van der Waals surface area contributed by atoms with Crippen LogP contribution >= 0.6 is 0 Å². The molecule has 2 N–H and O–H groups in total. The van der Waals surface area contributed by atoms with Crippen molar-refractivity contribution >= 4 is 10.8 Å². The standard InChI is InChI=1S/C15H14N2O/c1-10-14(15(18)17-16-10)9-11-6-7-12-4-2-3-5-13(12)8-11/h2-8H,9H2,1H3,(H2,16,17,18). The summed E-state index contributed by atoms with van der Waals surface area (Å²) in [5, 5.41) is 7.90. The van der Waals surface area contributed by atoms with Gasteiger partial charge < -0.3 is 5.10 Å². The van der Waals surface area contributed by atoms with Crippen LogP contribution in [0.5, 0.6) is 0 Å². The number of aromatic nitrogens is 2. The number of rotatable bonds is 2. The minimum atomic E-state index is -0.0272. The largest absolute Gasteiger partial charge is 0.302 e. The van der Waals surface area contributed by atoms with Crippen molar-refractivity contribution in [2.45, 2.75) is 13.3 Å². The molecule has 3 rings (SSSR count). The molecule has 90 valence electrons. The van der Waals surface area contributed by atoms with E-state index in [4.69, 9.17) is 0 Å². The molecule has 0 saturated carbocycles. The van der Waals surface area contributed by atoms with Gasteiger partial charge in [-0.1, -0.05) is 42.5 Å².